The van der Waals surface area contributed by atoms with Crippen molar-refractivity contribution in [3.63, 3.8) is 0 Å². The molecule has 11 heteroatoms. The summed E-state index contributed by atoms with van der Waals surface area (Å²) in [6, 6.07) is 9.37. The first-order valence-corrected chi connectivity index (χ1v) is 14.1. The number of carbonyl (C=O) groups is 1. The van der Waals surface area contributed by atoms with Gasteiger partial charge in [-0.05, 0) is 58.6 Å². The molecule has 0 N–H and O–H groups in total. The van der Waals surface area contributed by atoms with E-state index in [1.807, 2.05) is 23.1 Å². The summed E-state index contributed by atoms with van der Waals surface area (Å²) in [4.78, 5) is 17.4. The fraction of sp³-hybridized carbons (Fsp3) is 0.500. The number of thiophene rings is 1. The highest BCUT2D eigenvalue weighted by atomic mass is 79.9. The average molecular weight is 557 g/mol. The molecule has 0 aliphatic carbocycles. The zero-order valence-corrected chi connectivity index (χ0v) is 21.3. The number of fused-ring (bicyclic) bond motifs is 1. The first-order valence-electron chi connectivity index (χ1n) is 11.1. The molecule has 2 fully saturated rings. The summed E-state index contributed by atoms with van der Waals surface area (Å²) in [6.45, 7) is 4.68. The third-order valence-corrected chi connectivity index (χ3v) is 10.4. The minimum Gasteiger partial charge on any atom is -0.454 e. The van der Waals surface area contributed by atoms with Crippen molar-refractivity contribution in [1.29, 1.82) is 0 Å². The topological polar surface area (TPSA) is 79.4 Å². The summed E-state index contributed by atoms with van der Waals surface area (Å²) in [5.74, 6) is 1.36. The van der Waals surface area contributed by atoms with Crippen LogP contribution in [0, 0.1) is 5.92 Å². The smallest absolute Gasteiger partial charge is 0.252 e. The van der Waals surface area contributed by atoms with Gasteiger partial charge in [0.05, 0.1) is 9.70 Å². The fourth-order valence-corrected chi connectivity index (χ4v) is 8.30. The Labute approximate surface area is 206 Å². The number of benzene rings is 1. The van der Waals surface area contributed by atoms with Crippen LogP contribution in [-0.2, 0) is 21.4 Å². The van der Waals surface area contributed by atoms with Crippen LogP contribution in [0.5, 0.6) is 11.5 Å². The van der Waals surface area contributed by atoms with Gasteiger partial charge >= 0.3 is 0 Å². The molecular weight excluding hydrogens is 530 g/mol. The van der Waals surface area contributed by atoms with Crippen molar-refractivity contribution in [2.75, 3.05) is 46.1 Å². The van der Waals surface area contributed by atoms with E-state index in [0.29, 0.717) is 30.3 Å². The molecule has 1 atom stereocenters. The molecule has 8 nitrogen and oxygen atoms in total. The Kier molecular flexibility index (Phi) is 6.67. The Balaban J connectivity index is 1.16. The van der Waals surface area contributed by atoms with Crippen molar-refractivity contribution in [3.05, 3.63) is 39.7 Å². The minimum atomic E-state index is -3.56. The molecule has 2 saturated heterocycles. The maximum absolute atomic E-state index is 13.2. The van der Waals surface area contributed by atoms with Crippen molar-refractivity contribution in [3.8, 4) is 11.5 Å². The highest BCUT2D eigenvalue weighted by Crippen LogP contribution is 2.33. The van der Waals surface area contributed by atoms with E-state index in [4.69, 9.17) is 9.47 Å². The normalized spacial score (nSPS) is 22.0. The predicted octanol–water partition coefficient (Wildman–Crippen LogP) is 2.98. The summed E-state index contributed by atoms with van der Waals surface area (Å²) < 4.78 is 39.4. The highest BCUT2D eigenvalue weighted by molar-refractivity contribution is 9.11. The molecule has 1 amide bonds. The number of carbonyl (C=O) groups excluding carboxylic acids is 1. The molecule has 33 heavy (non-hydrogen) atoms. The number of amides is 1. The van der Waals surface area contributed by atoms with Crippen molar-refractivity contribution in [2.45, 2.75) is 23.6 Å². The second kappa shape index (κ2) is 9.53. The van der Waals surface area contributed by atoms with Crippen molar-refractivity contribution < 1.29 is 22.7 Å². The molecule has 0 unspecified atom stereocenters. The van der Waals surface area contributed by atoms with Gasteiger partial charge in [0.25, 0.3) is 10.0 Å². The van der Waals surface area contributed by atoms with Crippen molar-refractivity contribution >= 4 is 43.2 Å². The molecule has 0 radical (unpaired) electrons. The summed E-state index contributed by atoms with van der Waals surface area (Å²) >= 11 is 4.54. The summed E-state index contributed by atoms with van der Waals surface area (Å²) in [5, 5.41) is 0. The van der Waals surface area contributed by atoms with E-state index < -0.39 is 10.0 Å². The number of ether oxygens (including phenoxy) is 2. The fourth-order valence-electron chi connectivity index (χ4n) is 4.61. The van der Waals surface area contributed by atoms with E-state index in [9.17, 15) is 13.2 Å². The number of sulfonamides is 1. The van der Waals surface area contributed by atoms with E-state index in [1.54, 1.807) is 12.1 Å². The maximum atomic E-state index is 13.2. The molecule has 0 spiro atoms. The van der Waals surface area contributed by atoms with Gasteiger partial charge < -0.3 is 14.4 Å². The Morgan fingerprint density at radius 1 is 1.06 bits per heavy atom. The molecular formula is C22H26BrN3O5S2. The van der Waals surface area contributed by atoms with Crippen LogP contribution in [0.3, 0.4) is 0 Å². The molecule has 2 aromatic rings. The van der Waals surface area contributed by atoms with Gasteiger partial charge in [-0.25, -0.2) is 8.42 Å². The van der Waals surface area contributed by atoms with E-state index in [0.717, 1.165) is 46.9 Å². The standard InChI is InChI=1S/C22H26BrN3O5S2/c23-20-5-6-21(32-20)33(28,29)26-7-1-2-17(14-26)22(27)25-10-8-24(9-11-25)13-16-3-4-18-19(12-16)31-15-30-18/h3-6,12,17H,1-2,7-11,13-15H2/t17-/m0/s1. The minimum absolute atomic E-state index is 0.0741. The van der Waals surface area contributed by atoms with E-state index in [2.05, 4.69) is 20.8 Å². The number of piperidine rings is 1. The number of piperazine rings is 1. The lowest BCUT2D eigenvalue weighted by Gasteiger charge is -2.38. The molecule has 3 aliphatic rings. The van der Waals surface area contributed by atoms with Crippen LogP contribution >= 0.6 is 27.3 Å². The number of hydrogen-bond donors (Lipinski definition) is 0. The Morgan fingerprint density at radius 3 is 2.61 bits per heavy atom. The molecule has 5 rings (SSSR count). The van der Waals surface area contributed by atoms with Crippen LogP contribution in [0.4, 0.5) is 0 Å². The lowest BCUT2D eigenvalue weighted by Crippen LogP contribution is -2.52. The van der Waals surface area contributed by atoms with Gasteiger partial charge in [0.1, 0.15) is 4.21 Å². The third kappa shape index (κ3) is 4.93. The molecule has 0 saturated carbocycles. The van der Waals surface area contributed by atoms with E-state index >= 15 is 0 Å². The molecule has 1 aromatic carbocycles. The van der Waals surface area contributed by atoms with Crippen molar-refractivity contribution in [1.82, 2.24) is 14.1 Å². The van der Waals surface area contributed by atoms with Gasteiger partial charge in [0, 0.05) is 45.8 Å². The summed E-state index contributed by atoms with van der Waals surface area (Å²) in [6.07, 6.45) is 1.43. The van der Waals surface area contributed by atoms with Crippen LogP contribution in [0.15, 0.2) is 38.3 Å². The third-order valence-electron chi connectivity index (χ3n) is 6.40. The van der Waals surface area contributed by atoms with Crippen molar-refractivity contribution in [2.24, 2.45) is 5.92 Å². The second-order valence-corrected chi connectivity index (χ2v) is 13.2. The number of rotatable bonds is 5. The Hall–Kier alpha value is -1.66. The lowest BCUT2D eigenvalue weighted by atomic mass is 9.97. The first-order chi connectivity index (χ1) is 15.9. The van der Waals surface area contributed by atoms with Crippen LogP contribution in [0.2, 0.25) is 0 Å². The van der Waals surface area contributed by atoms with Gasteiger partial charge in [-0.1, -0.05) is 6.07 Å². The largest absolute Gasteiger partial charge is 0.454 e. The van der Waals surface area contributed by atoms with Gasteiger partial charge in [0.2, 0.25) is 12.7 Å². The van der Waals surface area contributed by atoms with Crippen LogP contribution in [0.1, 0.15) is 18.4 Å². The summed E-state index contributed by atoms with van der Waals surface area (Å²) in [7, 11) is -3.56. The Bertz CT molecular complexity index is 1130. The molecule has 178 valence electrons. The molecule has 3 aliphatic heterocycles. The van der Waals surface area contributed by atoms with Gasteiger partial charge in [-0.3, -0.25) is 9.69 Å². The van der Waals surface area contributed by atoms with Crippen LogP contribution < -0.4 is 9.47 Å². The van der Waals surface area contributed by atoms with Gasteiger partial charge in [-0.15, -0.1) is 11.3 Å². The van der Waals surface area contributed by atoms with E-state index in [1.165, 1.54) is 15.6 Å². The quantitative estimate of drug-likeness (QED) is 0.564. The molecule has 0 bridgehead atoms. The molecule has 1 aromatic heterocycles. The highest BCUT2D eigenvalue weighted by Gasteiger charge is 2.36. The zero-order valence-electron chi connectivity index (χ0n) is 18.1. The summed E-state index contributed by atoms with van der Waals surface area (Å²) in [5.41, 5.74) is 1.16. The van der Waals surface area contributed by atoms with Gasteiger partial charge in [-0.2, -0.15) is 4.31 Å². The van der Waals surface area contributed by atoms with Crippen LogP contribution in [0.25, 0.3) is 0 Å². The van der Waals surface area contributed by atoms with Crippen LogP contribution in [-0.4, -0.2) is 74.5 Å². The Morgan fingerprint density at radius 2 is 1.85 bits per heavy atom. The number of hydrogen-bond acceptors (Lipinski definition) is 7. The monoisotopic (exact) mass is 555 g/mol. The molecule has 4 heterocycles. The number of halogens is 1. The first kappa shape index (κ1) is 23.1. The lowest BCUT2D eigenvalue weighted by molar-refractivity contribution is -0.138. The SMILES string of the molecule is O=C([C@H]1CCCN(S(=O)(=O)c2ccc(Br)s2)C1)N1CCN(Cc2ccc3c(c2)OCO3)CC1. The maximum Gasteiger partial charge on any atom is 0.252 e. The second-order valence-electron chi connectivity index (χ2n) is 8.55. The average Bonchev–Trinajstić information content (AvgIpc) is 3.48. The van der Waals surface area contributed by atoms with E-state index in [-0.39, 0.29) is 25.2 Å². The zero-order chi connectivity index (χ0) is 23.0. The predicted molar refractivity (Wildman–Crippen MR) is 128 cm³/mol. The van der Waals surface area contributed by atoms with Gasteiger partial charge in [0.15, 0.2) is 11.5 Å². The number of nitrogens with zero attached hydrogens (tertiary/aromatic N) is 3.